The van der Waals surface area contributed by atoms with Gasteiger partial charge >= 0.3 is 0 Å². The number of nitrogens with two attached hydrogens (primary N) is 1. The number of aromatic nitrogens is 1. The van der Waals surface area contributed by atoms with Crippen molar-refractivity contribution in [1.82, 2.24) is 4.98 Å². The van der Waals surface area contributed by atoms with Gasteiger partial charge in [0.05, 0.1) is 11.3 Å². The van der Waals surface area contributed by atoms with Crippen LogP contribution in [0.5, 0.6) is 0 Å². The van der Waals surface area contributed by atoms with Crippen molar-refractivity contribution in [2.75, 3.05) is 5.73 Å². The number of benzene rings is 1. The topological polar surface area (TPSA) is 38.9 Å². The van der Waals surface area contributed by atoms with Gasteiger partial charge in [-0.1, -0.05) is 12.0 Å². The van der Waals surface area contributed by atoms with Gasteiger partial charge in [0.2, 0.25) is 0 Å². The van der Waals surface area contributed by atoms with E-state index in [-0.39, 0.29) is 11.3 Å². The number of halogens is 3. The van der Waals surface area contributed by atoms with Gasteiger partial charge in [0.1, 0.15) is 21.9 Å². The number of anilines is 1. The van der Waals surface area contributed by atoms with Crippen molar-refractivity contribution in [2.24, 2.45) is 0 Å². The van der Waals surface area contributed by atoms with Crippen LogP contribution in [0.3, 0.4) is 0 Å². The van der Waals surface area contributed by atoms with Crippen molar-refractivity contribution < 1.29 is 8.78 Å². The molecule has 0 spiro atoms. The van der Waals surface area contributed by atoms with Crippen LogP contribution in [0.1, 0.15) is 11.3 Å². The standard InChI is InChI=1S/C13H7BrF2N2/c14-13-7-5-11(17)12(18-13)6-4-8-9(15)2-1-3-10(8)16/h1-3,5,7H,17H2. The van der Waals surface area contributed by atoms with Gasteiger partial charge in [0, 0.05) is 0 Å². The van der Waals surface area contributed by atoms with Crippen LogP contribution in [0.25, 0.3) is 0 Å². The predicted octanol–water partition coefficient (Wildman–Crippen LogP) is 3.10. The highest BCUT2D eigenvalue weighted by Gasteiger charge is 2.05. The molecule has 0 unspecified atom stereocenters. The molecule has 1 aromatic carbocycles. The average Bonchev–Trinajstić information content (AvgIpc) is 2.33. The Labute approximate surface area is 111 Å². The first-order valence-corrected chi connectivity index (χ1v) is 5.75. The lowest BCUT2D eigenvalue weighted by Gasteiger charge is -1.98. The molecule has 0 radical (unpaired) electrons. The maximum Gasteiger partial charge on any atom is 0.141 e. The zero-order valence-electron chi connectivity index (χ0n) is 9.05. The molecule has 2 rings (SSSR count). The molecule has 0 amide bonds. The summed E-state index contributed by atoms with van der Waals surface area (Å²) < 4.78 is 27.2. The minimum atomic E-state index is -0.712. The van der Waals surface area contributed by atoms with E-state index in [2.05, 4.69) is 32.8 Å². The van der Waals surface area contributed by atoms with Crippen LogP contribution in [0.4, 0.5) is 14.5 Å². The minimum Gasteiger partial charge on any atom is -0.396 e. The Morgan fingerprint density at radius 2 is 1.72 bits per heavy atom. The zero-order chi connectivity index (χ0) is 13.1. The minimum absolute atomic E-state index is 0.270. The van der Waals surface area contributed by atoms with Crippen LogP contribution in [0.15, 0.2) is 34.9 Å². The second kappa shape index (κ2) is 5.15. The van der Waals surface area contributed by atoms with Gasteiger partial charge in [-0.3, -0.25) is 0 Å². The van der Waals surface area contributed by atoms with Crippen LogP contribution >= 0.6 is 15.9 Å². The van der Waals surface area contributed by atoms with Crippen LogP contribution < -0.4 is 5.73 Å². The van der Waals surface area contributed by atoms with Crippen LogP contribution in [0.2, 0.25) is 0 Å². The number of rotatable bonds is 0. The molecule has 2 aromatic rings. The highest BCUT2D eigenvalue weighted by Crippen LogP contribution is 2.14. The summed E-state index contributed by atoms with van der Waals surface area (Å²) in [6.45, 7) is 0. The molecular weight excluding hydrogens is 302 g/mol. The van der Waals surface area contributed by atoms with Crippen molar-refractivity contribution in [3.05, 3.63) is 57.8 Å². The molecule has 5 heteroatoms. The first kappa shape index (κ1) is 12.5. The third kappa shape index (κ3) is 2.66. The van der Waals surface area contributed by atoms with Crippen molar-refractivity contribution in [3.63, 3.8) is 0 Å². The zero-order valence-corrected chi connectivity index (χ0v) is 10.6. The molecule has 1 heterocycles. The van der Waals surface area contributed by atoms with Gasteiger partial charge in [-0.25, -0.2) is 13.8 Å². The van der Waals surface area contributed by atoms with Gasteiger partial charge < -0.3 is 5.73 Å². The fourth-order valence-electron chi connectivity index (χ4n) is 1.29. The summed E-state index contributed by atoms with van der Waals surface area (Å²) >= 11 is 3.17. The highest BCUT2D eigenvalue weighted by molar-refractivity contribution is 9.10. The monoisotopic (exact) mass is 308 g/mol. The van der Waals surface area contributed by atoms with E-state index in [9.17, 15) is 8.78 Å². The molecule has 0 aliphatic carbocycles. The van der Waals surface area contributed by atoms with E-state index >= 15 is 0 Å². The second-order valence-corrected chi connectivity index (χ2v) is 4.23. The lowest BCUT2D eigenvalue weighted by Crippen LogP contribution is -1.94. The molecule has 0 saturated carbocycles. The van der Waals surface area contributed by atoms with E-state index in [0.29, 0.717) is 10.3 Å². The molecule has 18 heavy (non-hydrogen) atoms. The Bertz CT molecular complexity index is 640. The fraction of sp³-hybridized carbons (Fsp3) is 0. The molecular formula is C13H7BrF2N2. The second-order valence-electron chi connectivity index (χ2n) is 3.42. The van der Waals surface area contributed by atoms with Crippen LogP contribution in [0, 0.1) is 23.5 Å². The fourth-order valence-corrected chi connectivity index (χ4v) is 1.59. The summed E-state index contributed by atoms with van der Waals surface area (Å²) in [6.07, 6.45) is 0. The smallest absolute Gasteiger partial charge is 0.141 e. The Morgan fingerprint density at radius 3 is 2.39 bits per heavy atom. The van der Waals surface area contributed by atoms with E-state index in [4.69, 9.17) is 5.73 Å². The van der Waals surface area contributed by atoms with E-state index in [1.54, 1.807) is 12.1 Å². The number of pyridine rings is 1. The maximum absolute atomic E-state index is 13.3. The quantitative estimate of drug-likeness (QED) is 0.600. The molecule has 0 bridgehead atoms. The molecule has 0 aliphatic heterocycles. The van der Waals surface area contributed by atoms with Crippen molar-refractivity contribution in [2.45, 2.75) is 0 Å². The first-order valence-electron chi connectivity index (χ1n) is 4.96. The van der Waals surface area contributed by atoms with Gasteiger partial charge in [0.25, 0.3) is 0 Å². The van der Waals surface area contributed by atoms with Gasteiger partial charge in [-0.2, -0.15) is 0 Å². The van der Waals surface area contributed by atoms with Crippen LogP contribution in [-0.4, -0.2) is 4.98 Å². The first-order chi connectivity index (χ1) is 8.58. The number of nitrogen functional groups attached to an aromatic ring is 1. The lowest BCUT2D eigenvalue weighted by atomic mass is 10.2. The molecule has 1 aromatic heterocycles. The number of hydrogen-bond donors (Lipinski definition) is 1. The van der Waals surface area contributed by atoms with E-state index in [0.717, 1.165) is 12.1 Å². The summed E-state index contributed by atoms with van der Waals surface area (Å²) in [6, 6.07) is 6.83. The summed E-state index contributed by atoms with van der Waals surface area (Å²) in [5, 5.41) is 0. The summed E-state index contributed by atoms with van der Waals surface area (Å²) in [4.78, 5) is 4.02. The predicted molar refractivity (Wildman–Crippen MR) is 68.7 cm³/mol. The molecule has 90 valence electrons. The Hall–Kier alpha value is -1.93. The Balaban J connectivity index is 2.46. The van der Waals surface area contributed by atoms with Gasteiger partial charge in [-0.05, 0) is 46.1 Å². The molecule has 2 N–H and O–H groups in total. The summed E-state index contributed by atoms with van der Waals surface area (Å²) in [7, 11) is 0. The van der Waals surface area contributed by atoms with E-state index < -0.39 is 11.6 Å². The maximum atomic E-state index is 13.3. The third-order valence-corrected chi connectivity index (χ3v) is 2.60. The largest absolute Gasteiger partial charge is 0.396 e. The summed E-state index contributed by atoms with van der Waals surface area (Å²) in [5.74, 6) is 3.53. The van der Waals surface area contributed by atoms with Gasteiger partial charge in [0.15, 0.2) is 0 Å². The van der Waals surface area contributed by atoms with Crippen molar-refractivity contribution in [3.8, 4) is 11.8 Å². The normalized spacial score (nSPS) is 9.72. The summed E-state index contributed by atoms with van der Waals surface area (Å²) in [5.41, 5.74) is 5.98. The average molecular weight is 309 g/mol. The number of hydrogen-bond acceptors (Lipinski definition) is 2. The molecule has 0 aliphatic rings. The highest BCUT2D eigenvalue weighted by atomic mass is 79.9. The SMILES string of the molecule is Nc1ccc(Br)nc1C#Cc1c(F)cccc1F. The van der Waals surface area contributed by atoms with E-state index in [1.165, 1.54) is 6.07 Å². The van der Waals surface area contributed by atoms with Crippen LogP contribution in [-0.2, 0) is 0 Å². The molecule has 0 saturated heterocycles. The lowest BCUT2D eigenvalue weighted by molar-refractivity contribution is 0.577. The molecule has 2 nitrogen and oxygen atoms in total. The van der Waals surface area contributed by atoms with Crippen molar-refractivity contribution >= 4 is 21.6 Å². The third-order valence-electron chi connectivity index (χ3n) is 2.16. The Morgan fingerprint density at radius 1 is 1.06 bits per heavy atom. The van der Waals surface area contributed by atoms with E-state index in [1.807, 2.05) is 0 Å². The molecule has 0 atom stereocenters. The Kier molecular flexibility index (Phi) is 3.58. The molecule has 0 fully saturated rings. The van der Waals surface area contributed by atoms with Crippen molar-refractivity contribution in [1.29, 1.82) is 0 Å². The number of nitrogens with zero attached hydrogens (tertiary/aromatic N) is 1. The van der Waals surface area contributed by atoms with Gasteiger partial charge in [-0.15, -0.1) is 0 Å².